The predicted molar refractivity (Wildman–Crippen MR) is 261 cm³/mol. The van der Waals surface area contributed by atoms with Gasteiger partial charge in [0.15, 0.2) is 6.10 Å². The molecule has 2 N–H and O–H groups in total. The Hall–Kier alpha value is -3.05. The summed E-state index contributed by atoms with van der Waals surface area (Å²) in [4.78, 5) is 35.6. The summed E-state index contributed by atoms with van der Waals surface area (Å²) in [5, 5.41) is 9.50. The quantitative estimate of drug-likeness (QED) is 0.0163. The van der Waals surface area contributed by atoms with E-state index in [-0.39, 0.29) is 32.2 Å². The number of furan rings is 1. The molecule has 11 nitrogen and oxygen atoms in total. The molecule has 1 heterocycles. The average molecular weight is 919 g/mol. The molecule has 0 spiro atoms. The summed E-state index contributed by atoms with van der Waals surface area (Å²) >= 11 is 0. The number of phosphoric acid groups is 1. The second-order valence-electron chi connectivity index (χ2n) is 17.9. The third-order valence-corrected chi connectivity index (χ3v) is 11.9. The molecular formula is C52H89NO10P+. The first-order valence-corrected chi connectivity index (χ1v) is 26.0. The van der Waals surface area contributed by atoms with E-state index in [9.17, 15) is 24.2 Å². The van der Waals surface area contributed by atoms with Crippen molar-refractivity contribution in [2.24, 2.45) is 0 Å². The second-order valence-corrected chi connectivity index (χ2v) is 19.4. The van der Waals surface area contributed by atoms with Gasteiger partial charge in [-0.3, -0.25) is 18.6 Å². The molecule has 0 aliphatic carbocycles. The van der Waals surface area contributed by atoms with Crippen LogP contribution in [0.2, 0.25) is 0 Å². The van der Waals surface area contributed by atoms with Crippen LogP contribution in [0.25, 0.3) is 0 Å². The SMILES string of the molecule is CCCCCc1oc(CCCCCCCCCCCCC(=O)O[C@H](COC(=O)CCC/C=C\C/C=C\C/C=C\C/C=C\C=C\[C@@H](O)CC)COP(=O)(O)OCC[N+](C)(C)C)c(C)c1C. The minimum absolute atomic E-state index is 0.00844. The Morgan fingerprint density at radius 1 is 0.672 bits per heavy atom. The molecule has 1 aromatic rings. The highest BCUT2D eigenvalue weighted by Crippen LogP contribution is 2.43. The maximum Gasteiger partial charge on any atom is 0.472 e. The number of phosphoric ester groups is 1. The van der Waals surface area contributed by atoms with Crippen molar-refractivity contribution in [2.75, 3.05) is 47.5 Å². The zero-order valence-electron chi connectivity index (χ0n) is 41.1. The molecule has 64 heavy (non-hydrogen) atoms. The van der Waals surface area contributed by atoms with Gasteiger partial charge in [0.1, 0.15) is 31.3 Å². The number of esters is 2. The zero-order valence-corrected chi connectivity index (χ0v) is 42.0. The van der Waals surface area contributed by atoms with Gasteiger partial charge >= 0.3 is 19.8 Å². The highest BCUT2D eigenvalue weighted by molar-refractivity contribution is 7.47. The molecule has 1 rings (SSSR count). The minimum atomic E-state index is -4.41. The van der Waals surface area contributed by atoms with Gasteiger partial charge in [0.2, 0.25) is 0 Å². The number of unbranched alkanes of at least 4 members (excludes halogenated alkanes) is 12. The fourth-order valence-electron chi connectivity index (χ4n) is 6.65. The van der Waals surface area contributed by atoms with Crippen LogP contribution in [0, 0.1) is 13.8 Å². The molecule has 0 aliphatic rings. The van der Waals surface area contributed by atoms with E-state index >= 15 is 0 Å². The van der Waals surface area contributed by atoms with Crippen molar-refractivity contribution >= 4 is 19.8 Å². The van der Waals surface area contributed by atoms with Crippen LogP contribution in [-0.4, -0.2) is 86.1 Å². The van der Waals surface area contributed by atoms with Crippen molar-refractivity contribution in [1.29, 1.82) is 0 Å². The number of rotatable bonds is 40. The van der Waals surface area contributed by atoms with Gasteiger partial charge in [0.25, 0.3) is 0 Å². The van der Waals surface area contributed by atoms with Crippen LogP contribution in [-0.2, 0) is 45.5 Å². The Kier molecular flexibility index (Phi) is 34.2. The van der Waals surface area contributed by atoms with Crippen LogP contribution in [0.15, 0.2) is 65.2 Å². The van der Waals surface area contributed by atoms with Crippen LogP contribution in [0.1, 0.15) is 171 Å². The van der Waals surface area contributed by atoms with Gasteiger partial charge in [-0.25, -0.2) is 4.57 Å². The number of aliphatic hydroxyl groups excluding tert-OH is 1. The first-order valence-electron chi connectivity index (χ1n) is 24.5. The monoisotopic (exact) mass is 919 g/mol. The van der Waals surface area contributed by atoms with Gasteiger partial charge < -0.3 is 28.4 Å². The van der Waals surface area contributed by atoms with Crippen molar-refractivity contribution in [2.45, 2.75) is 188 Å². The number of aryl methyl sites for hydroxylation is 2. The zero-order chi connectivity index (χ0) is 47.3. The number of ether oxygens (including phenoxy) is 2. The Morgan fingerprint density at radius 2 is 1.20 bits per heavy atom. The molecular weight excluding hydrogens is 830 g/mol. The normalized spacial score (nSPS) is 14.5. The molecule has 1 aromatic heterocycles. The molecule has 0 aromatic carbocycles. The number of quaternary nitrogens is 1. The lowest BCUT2D eigenvalue weighted by molar-refractivity contribution is -0.870. The van der Waals surface area contributed by atoms with Gasteiger partial charge in [-0.05, 0) is 82.8 Å². The van der Waals surface area contributed by atoms with Gasteiger partial charge in [0.05, 0.1) is 33.9 Å². The van der Waals surface area contributed by atoms with E-state index in [0.29, 0.717) is 36.7 Å². The number of hydrogen-bond donors (Lipinski definition) is 2. The van der Waals surface area contributed by atoms with Crippen LogP contribution >= 0.6 is 7.82 Å². The molecule has 0 aliphatic heterocycles. The highest BCUT2D eigenvalue weighted by Gasteiger charge is 2.27. The molecule has 0 fully saturated rings. The van der Waals surface area contributed by atoms with E-state index in [1.807, 2.05) is 52.4 Å². The number of hydrogen-bond acceptors (Lipinski definition) is 9. The minimum Gasteiger partial charge on any atom is -0.466 e. The predicted octanol–water partition coefficient (Wildman–Crippen LogP) is 12.7. The van der Waals surface area contributed by atoms with Gasteiger partial charge in [0, 0.05) is 25.7 Å². The molecule has 0 saturated heterocycles. The average Bonchev–Trinajstić information content (AvgIpc) is 3.51. The topological polar surface area (TPSA) is 142 Å². The Labute approximate surface area is 388 Å². The van der Waals surface area contributed by atoms with E-state index in [1.54, 1.807) is 6.08 Å². The number of carbonyl (C=O) groups excluding carboxylic acids is 2. The largest absolute Gasteiger partial charge is 0.472 e. The maximum absolute atomic E-state index is 12.8. The van der Waals surface area contributed by atoms with Crippen molar-refractivity contribution in [1.82, 2.24) is 0 Å². The molecule has 0 saturated carbocycles. The van der Waals surface area contributed by atoms with Crippen LogP contribution in [0.5, 0.6) is 0 Å². The van der Waals surface area contributed by atoms with E-state index in [2.05, 4.69) is 51.2 Å². The highest BCUT2D eigenvalue weighted by atomic mass is 31.2. The molecule has 1 unspecified atom stereocenters. The molecule has 12 heteroatoms. The number of carbonyl (C=O) groups is 2. The summed E-state index contributed by atoms with van der Waals surface area (Å²) in [7, 11) is 1.40. The Balaban J connectivity index is 2.35. The molecule has 0 radical (unpaired) electrons. The summed E-state index contributed by atoms with van der Waals surface area (Å²) in [5.41, 5.74) is 2.68. The second kappa shape index (κ2) is 37.1. The Morgan fingerprint density at radius 3 is 1.78 bits per heavy atom. The van der Waals surface area contributed by atoms with Gasteiger partial charge in [-0.2, -0.15) is 0 Å². The fourth-order valence-corrected chi connectivity index (χ4v) is 7.39. The summed E-state index contributed by atoms with van der Waals surface area (Å²) in [6.45, 7) is 8.35. The molecule has 366 valence electrons. The number of aliphatic hydroxyl groups is 1. The number of allylic oxidation sites excluding steroid dienone is 9. The standard InChI is InChI=1S/C52H88NO10P/c1-8-10-31-37-49-45(3)46(4)50(63-49)38-33-28-24-20-17-18-22-26-30-35-40-52(56)62-48(44-61-64(57,58)60-42-41-53(5,6)7)43-59-51(55)39-34-29-25-21-16-14-12-11-13-15-19-23-27-32-36-47(54)9-2/h12-15,21,23,25,27,32,36,47-48,54H,8-11,16-20,22,24,26,28-31,33-35,37-44H2,1-7H3/p+1/b14-12-,15-13-,25-21-,27-23-,36-32+/t47-,48+/m0/s1. The van der Waals surface area contributed by atoms with Gasteiger partial charge in [-0.15, -0.1) is 0 Å². The summed E-state index contributed by atoms with van der Waals surface area (Å²) in [6.07, 6.45) is 40.4. The van der Waals surface area contributed by atoms with E-state index in [0.717, 1.165) is 51.4 Å². The van der Waals surface area contributed by atoms with E-state index in [4.69, 9.17) is 22.9 Å². The lowest BCUT2D eigenvalue weighted by atomic mass is 10.0. The first kappa shape index (κ1) is 59.0. The van der Waals surface area contributed by atoms with Crippen LogP contribution < -0.4 is 0 Å². The van der Waals surface area contributed by atoms with E-state index in [1.165, 1.54) is 80.4 Å². The third-order valence-electron chi connectivity index (χ3n) is 10.9. The molecule has 3 atom stereocenters. The number of likely N-dealkylation sites (N-methyl/N-ethyl adjacent to an activating group) is 1. The summed E-state index contributed by atoms with van der Waals surface area (Å²) in [6, 6.07) is 0. The van der Waals surface area contributed by atoms with Crippen molar-refractivity contribution in [3.05, 3.63) is 83.4 Å². The van der Waals surface area contributed by atoms with Crippen molar-refractivity contribution < 1.29 is 51.6 Å². The number of nitrogens with zero attached hydrogens (tertiary/aromatic N) is 1. The van der Waals surface area contributed by atoms with Crippen LogP contribution in [0.4, 0.5) is 0 Å². The first-order chi connectivity index (χ1) is 30.7. The van der Waals surface area contributed by atoms with Crippen molar-refractivity contribution in [3.8, 4) is 0 Å². The molecule has 0 amide bonds. The lowest BCUT2D eigenvalue weighted by Crippen LogP contribution is -2.37. The lowest BCUT2D eigenvalue weighted by Gasteiger charge is -2.24. The third kappa shape index (κ3) is 33.4. The van der Waals surface area contributed by atoms with Gasteiger partial charge in [-0.1, -0.05) is 139 Å². The smallest absolute Gasteiger partial charge is 0.466 e. The summed E-state index contributed by atoms with van der Waals surface area (Å²) < 4.78 is 40.6. The fraction of sp³-hybridized carbons (Fsp3) is 0.692. The van der Waals surface area contributed by atoms with E-state index < -0.39 is 32.5 Å². The maximum atomic E-state index is 12.8. The Bertz CT molecular complexity index is 1570. The summed E-state index contributed by atoms with van der Waals surface area (Å²) in [5.74, 6) is 1.46. The molecule has 0 bridgehead atoms. The van der Waals surface area contributed by atoms with Crippen molar-refractivity contribution in [3.63, 3.8) is 0 Å². The van der Waals surface area contributed by atoms with Crippen LogP contribution in [0.3, 0.4) is 0 Å².